The van der Waals surface area contributed by atoms with Crippen molar-refractivity contribution in [1.82, 2.24) is 0 Å². The highest BCUT2D eigenvalue weighted by Gasteiger charge is 2.47. The van der Waals surface area contributed by atoms with Crippen molar-refractivity contribution in [2.45, 2.75) is 19.3 Å². The molecule has 1 aliphatic carbocycles. The van der Waals surface area contributed by atoms with Crippen LogP contribution in [0, 0.1) is 11.8 Å². The van der Waals surface area contributed by atoms with E-state index < -0.39 is 0 Å². The van der Waals surface area contributed by atoms with Crippen LogP contribution in [0.3, 0.4) is 0 Å². The van der Waals surface area contributed by atoms with Crippen molar-refractivity contribution in [3.8, 4) is 0 Å². The Bertz CT molecular complexity index is 894. The fraction of sp³-hybridized carbons (Fsp3) is 0.227. The molecule has 0 spiro atoms. The number of nitrogens with one attached hydrogen (secondary N) is 1. The molecule has 1 saturated heterocycles. The summed E-state index contributed by atoms with van der Waals surface area (Å²) in [7, 11) is 0. The first-order chi connectivity index (χ1) is 13.1. The summed E-state index contributed by atoms with van der Waals surface area (Å²) in [6.45, 7) is 0. The Morgan fingerprint density at radius 2 is 1.59 bits per heavy atom. The molecule has 2 aliphatic rings. The van der Waals surface area contributed by atoms with Crippen LogP contribution in [-0.4, -0.2) is 17.7 Å². The zero-order chi connectivity index (χ0) is 18.8. The summed E-state index contributed by atoms with van der Waals surface area (Å²) in [5, 5.41) is 2.85. The van der Waals surface area contributed by atoms with Gasteiger partial charge in [-0.05, 0) is 36.6 Å². The molecule has 0 saturated carbocycles. The van der Waals surface area contributed by atoms with Crippen molar-refractivity contribution < 1.29 is 14.4 Å². The van der Waals surface area contributed by atoms with E-state index in [0.29, 0.717) is 24.2 Å². The number of imide groups is 1. The predicted octanol–water partition coefficient (Wildman–Crippen LogP) is 3.32. The van der Waals surface area contributed by atoms with E-state index >= 15 is 0 Å². The molecule has 5 heteroatoms. The third-order valence-electron chi connectivity index (χ3n) is 5.10. The molecule has 0 radical (unpaired) electrons. The van der Waals surface area contributed by atoms with Gasteiger partial charge >= 0.3 is 0 Å². The lowest BCUT2D eigenvalue weighted by Gasteiger charge is -2.16. The average Bonchev–Trinajstić information content (AvgIpc) is 2.94. The number of rotatable bonds is 4. The number of fused-ring (bicyclic) bond motifs is 1. The van der Waals surface area contributed by atoms with Crippen LogP contribution in [0.1, 0.15) is 18.4 Å². The maximum atomic E-state index is 12.7. The van der Waals surface area contributed by atoms with Gasteiger partial charge in [0.05, 0.1) is 23.9 Å². The first-order valence-corrected chi connectivity index (χ1v) is 9.10. The molecule has 1 N–H and O–H groups in total. The Kier molecular flexibility index (Phi) is 4.59. The number of nitrogens with zero attached hydrogens (tertiary/aromatic N) is 1. The summed E-state index contributed by atoms with van der Waals surface area (Å²) in [5.41, 5.74) is 2.01. The largest absolute Gasteiger partial charge is 0.326 e. The molecule has 0 unspecified atom stereocenters. The van der Waals surface area contributed by atoms with Gasteiger partial charge in [0.2, 0.25) is 17.7 Å². The van der Waals surface area contributed by atoms with Crippen LogP contribution in [0.15, 0.2) is 66.7 Å². The van der Waals surface area contributed by atoms with Crippen molar-refractivity contribution in [2.24, 2.45) is 11.8 Å². The van der Waals surface area contributed by atoms with Gasteiger partial charge in [0.15, 0.2) is 0 Å². The number of hydrogen-bond acceptors (Lipinski definition) is 3. The normalized spacial score (nSPS) is 21.3. The highest BCUT2D eigenvalue weighted by atomic mass is 16.2. The Labute approximate surface area is 157 Å². The fourth-order valence-electron chi connectivity index (χ4n) is 3.76. The van der Waals surface area contributed by atoms with Crippen LogP contribution >= 0.6 is 0 Å². The standard InChI is InChI=1S/C22H20N2O3/c25-20(13-15-7-2-1-3-8-15)23-16-9-6-10-17(14-16)24-21(26)18-11-4-5-12-19(18)22(24)27/h1-10,14,18-19H,11-13H2,(H,23,25)/t18-,19-/m0/s1. The highest BCUT2D eigenvalue weighted by Crippen LogP contribution is 2.38. The van der Waals surface area contributed by atoms with Crippen LogP contribution in [0.25, 0.3) is 0 Å². The number of benzene rings is 2. The molecular weight excluding hydrogens is 340 g/mol. The van der Waals surface area contributed by atoms with E-state index in [1.54, 1.807) is 24.3 Å². The lowest BCUT2D eigenvalue weighted by molar-refractivity contribution is -0.122. The summed E-state index contributed by atoms with van der Waals surface area (Å²) < 4.78 is 0. The zero-order valence-corrected chi connectivity index (χ0v) is 14.8. The SMILES string of the molecule is O=C(Cc1ccccc1)Nc1cccc(N2C(=O)[C@H]3CC=CC[C@@H]3C2=O)c1. The molecule has 0 aromatic heterocycles. The van der Waals surface area contributed by atoms with Crippen molar-refractivity contribution in [2.75, 3.05) is 10.2 Å². The maximum Gasteiger partial charge on any atom is 0.238 e. The highest BCUT2D eigenvalue weighted by molar-refractivity contribution is 6.22. The molecule has 2 aromatic rings. The Morgan fingerprint density at radius 1 is 0.926 bits per heavy atom. The van der Waals surface area contributed by atoms with Gasteiger partial charge in [-0.3, -0.25) is 14.4 Å². The predicted molar refractivity (Wildman–Crippen MR) is 103 cm³/mol. The van der Waals surface area contributed by atoms with Gasteiger partial charge in [0.25, 0.3) is 0 Å². The first kappa shape index (κ1) is 17.2. The van der Waals surface area contributed by atoms with E-state index in [9.17, 15) is 14.4 Å². The van der Waals surface area contributed by atoms with Crippen molar-refractivity contribution in [3.63, 3.8) is 0 Å². The number of allylic oxidation sites excluding steroid dienone is 2. The fourth-order valence-corrected chi connectivity index (χ4v) is 3.76. The topological polar surface area (TPSA) is 66.5 Å². The van der Waals surface area contributed by atoms with Gasteiger partial charge in [0, 0.05) is 5.69 Å². The van der Waals surface area contributed by atoms with Crippen molar-refractivity contribution >= 4 is 29.1 Å². The molecule has 2 atom stereocenters. The van der Waals surface area contributed by atoms with E-state index in [0.717, 1.165) is 5.56 Å². The lowest BCUT2D eigenvalue weighted by atomic mass is 9.85. The number of anilines is 2. The van der Waals surface area contributed by atoms with E-state index in [1.165, 1.54) is 4.90 Å². The van der Waals surface area contributed by atoms with Gasteiger partial charge in [0.1, 0.15) is 0 Å². The third-order valence-corrected chi connectivity index (χ3v) is 5.10. The van der Waals surface area contributed by atoms with Gasteiger partial charge < -0.3 is 5.32 Å². The van der Waals surface area contributed by atoms with E-state index in [-0.39, 0.29) is 36.0 Å². The number of amides is 3. The minimum Gasteiger partial charge on any atom is -0.326 e. The lowest BCUT2D eigenvalue weighted by Crippen LogP contribution is -2.31. The molecule has 1 fully saturated rings. The Hall–Kier alpha value is -3.21. The van der Waals surface area contributed by atoms with Crippen molar-refractivity contribution in [3.05, 3.63) is 72.3 Å². The average molecular weight is 360 g/mol. The van der Waals surface area contributed by atoms with Crippen molar-refractivity contribution in [1.29, 1.82) is 0 Å². The minimum atomic E-state index is -0.265. The molecule has 3 amide bonds. The molecule has 1 aliphatic heterocycles. The smallest absolute Gasteiger partial charge is 0.238 e. The second-order valence-corrected chi connectivity index (χ2v) is 6.93. The Balaban J connectivity index is 1.50. The third kappa shape index (κ3) is 3.40. The summed E-state index contributed by atoms with van der Waals surface area (Å²) in [6.07, 6.45) is 5.42. The second-order valence-electron chi connectivity index (χ2n) is 6.93. The minimum absolute atomic E-state index is 0.143. The van der Waals surface area contributed by atoms with Gasteiger partial charge in [-0.1, -0.05) is 48.6 Å². The summed E-state index contributed by atoms with van der Waals surface area (Å²) in [4.78, 5) is 39.0. The van der Waals surface area contributed by atoms with Crippen LogP contribution < -0.4 is 10.2 Å². The van der Waals surface area contributed by atoms with Crippen LogP contribution in [0.4, 0.5) is 11.4 Å². The molecule has 27 heavy (non-hydrogen) atoms. The quantitative estimate of drug-likeness (QED) is 0.672. The number of hydrogen-bond donors (Lipinski definition) is 1. The zero-order valence-electron chi connectivity index (χ0n) is 14.8. The Morgan fingerprint density at radius 3 is 2.26 bits per heavy atom. The molecule has 1 heterocycles. The van der Waals surface area contributed by atoms with Crippen LogP contribution in [0.2, 0.25) is 0 Å². The van der Waals surface area contributed by atoms with Crippen LogP contribution in [0.5, 0.6) is 0 Å². The molecule has 4 rings (SSSR count). The van der Waals surface area contributed by atoms with E-state index in [4.69, 9.17) is 0 Å². The molecule has 0 bridgehead atoms. The van der Waals surface area contributed by atoms with Gasteiger partial charge in [-0.15, -0.1) is 0 Å². The summed E-state index contributed by atoms with van der Waals surface area (Å²) in [6, 6.07) is 16.4. The molecular formula is C22H20N2O3. The number of carbonyl (C=O) groups excluding carboxylic acids is 3. The first-order valence-electron chi connectivity index (χ1n) is 9.10. The van der Waals surface area contributed by atoms with Gasteiger partial charge in [-0.25, -0.2) is 4.90 Å². The maximum absolute atomic E-state index is 12.7. The summed E-state index contributed by atoms with van der Waals surface area (Å²) in [5.74, 6) is -0.975. The molecule has 5 nitrogen and oxygen atoms in total. The van der Waals surface area contributed by atoms with E-state index in [1.807, 2.05) is 42.5 Å². The number of carbonyl (C=O) groups is 3. The molecule has 2 aromatic carbocycles. The van der Waals surface area contributed by atoms with Crippen LogP contribution in [-0.2, 0) is 20.8 Å². The van der Waals surface area contributed by atoms with Gasteiger partial charge in [-0.2, -0.15) is 0 Å². The van der Waals surface area contributed by atoms with E-state index in [2.05, 4.69) is 5.32 Å². The summed E-state index contributed by atoms with van der Waals surface area (Å²) >= 11 is 0. The molecule has 136 valence electrons. The monoisotopic (exact) mass is 360 g/mol. The second kappa shape index (κ2) is 7.19.